The largest absolute Gasteiger partial charge is 0.491 e. The number of carbonyl (C=O) groups is 1. The highest BCUT2D eigenvalue weighted by atomic mass is 16.5. The molecule has 0 aromatic heterocycles. The van der Waals surface area contributed by atoms with Crippen LogP contribution in [-0.4, -0.2) is 30.9 Å². The van der Waals surface area contributed by atoms with Crippen LogP contribution in [0.1, 0.15) is 69.4 Å². The summed E-state index contributed by atoms with van der Waals surface area (Å²) in [7, 11) is 0. The second-order valence-electron chi connectivity index (χ2n) is 7.61. The molecule has 1 N–H and O–H groups in total. The lowest BCUT2D eigenvalue weighted by molar-refractivity contribution is -0.138. The molecule has 0 bridgehead atoms. The molecule has 1 saturated carbocycles. The predicted octanol–water partition coefficient (Wildman–Crippen LogP) is 4.79. The molecule has 0 saturated heterocycles. The molecule has 0 aliphatic heterocycles. The first kappa shape index (κ1) is 21.5. The molecule has 0 unspecified atom stereocenters. The second kappa shape index (κ2) is 11.1. The number of ether oxygens (including phenoxy) is 2. The molecule has 0 spiro atoms. The van der Waals surface area contributed by atoms with Crippen molar-refractivity contribution in [2.75, 3.05) is 19.8 Å². The van der Waals surface area contributed by atoms with Crippen LogP contribution < -0.4 is 4.74 Å². The normalized spacial score (nSPS) is 19.5. The van der Waals surface area contributed by atoms with E-state index in [1.54, 1.807) is 6.92 Å². The molecule has 2 rings (SSSR count). The summed E-state index contributed by atoms with van der Waals surface area (Å²) in [5.41, 5.74) is 2.79. The standard InChI is InChI=1S/C23H34O4/c1-4-5-18-6-8-19(9-7-18)20-10-11-22(26-15-13-24)21(16-20)12-14-27-23(25)17(2)3/h10-11,16,18-19,24H,2,4-9,12-15H2,1,3H3. The Hall–Kier alpha value is -1.81. The van der Waals surface area contributed by atoms with Gasteiger partial charge in [0.15, 0.2) is 0 Å². The summed E-state index contributed by atoms with van der Waals surface area (Å²) in [6.45, 7) is 8.06. The van der Waals surface area contributed by atoms with Gasteiger partial charge >= 0.3 is 5.97 Å². The lowest BCUT2D eigenvalue weighted by atomic mass is 9.77. The van der Waals surface area contributed by atoms with Gasteiger partial charge in [-0.2, -0.15) is 0 Å². The number of benzene rings is 1. The Bertz CT molecular complexity index is 615. The highest BCUT2D eigenvalue weighted by Gasteiger charge is 2.22. The molecular weight excluding hydrogens is 340 g/mol. The van der Waals surface area contributed by atoms with Crippen LogP contribution in [-0.2, 0) is 16.0 Å². The summed E-state index contributed by atoms with van der Waals surface area (Å²) < 4.78 is 10.9. The van der Waals surface area contributed by atoms with E-state index in [2.05, 4.69) is 25.6 Å². The Labute approximate surface area is 163 Å². The Morgan fingerprint density at radius 1 is 1.22 bits per heavy atom. The van der Waals surface area contributed by atoms with Gasteiger partial charge < -0.3 is 14.6 Å². The summed E-state index contributed by atoms with van der Waals surface area (Å²) in [5, 5.41) is 9.05. The smallest absolute Gasteiger partial charge is 0.333 e. The van der Waals surface area contributed by atoms with Crippen LogP contribution in [0.25, 0.3) is 0 Å². The average molecular weight is 375 g/mol. The van der Waals surface area contributed by atoms with E-state index in [0.717, 1.165) is 17.2 Å². The molecule has 150 valence electrons. The molecular formula is C23H34O4. The third kappa shape index (κ3) is 6.69. The lowest BCUT2D eigenvalue weighted by Crippen LogP contribution is -2.14. The first-order valence-electron chi connectivity index (χ1n) is 10.2. The molecule has 0 radical (unpaired) electrons. The van der Waals surface area contributed by atoms with Gasteiger partial charge in [0, 0.05) is 12.0 Å². The predicted molar refractivity (Wildman–Crippen MR) is 108 cm³/mol. The van der Waals surface area contributed by atoms with E-state index < -0.39 is 0 Å². The van der Waals surface area contributed by atoms with E-state index in [1.807, 2.05) is 6.07 Å². The molecule has 4 nitrogen and oxygen atoms in total. The van der Waals surface area contributed by atoms with E-state index in [1.165, 1.54) is 44.1 Å². The maximum absolute atomic E-state index is 11.6. The van der Waals surface area contributed by atoms with E-state index in [4.69, 9.17) is 14.6 Å². The molecule has 1 fully saturated rings. The van der Waals surface area contributed by atoms with Crippen molar-refractivity contribution in [3.05, 3.63) is 41.5 Å². The zero-order valence-corrected chi connectivity index (χ0v) is 16.8. The monoisotopic (exact) mass is 374 g/mol. The third-order valence-corrected chi connectivity index (χ3v) is 5.40. The van der Waals surface area contributed by atoms with Crippen LogP contribution in [0.15, 0.2) is 30.4 Å². The van der Waals surface area contributed by atoms with Crippen molar-refractivity contribution in [3.8, 4) is 5.75 Å². The molecule has 4 heteroatoms. The number of rotatable bonds is 10. The van der Waals surface area contributed by atoms with Gasteiger partial charge in [-0.3, -0.25) is 0 Å². The average Bonchev–Trinajstić information content (AvgIpc) is 2.67. The van der Waals surface area contributed by atoms with E-state index in [-0.39, 0.29) is 19.2 Å². The Morgan fingerprint density at radius 3 is 2.59 bits per heavy atom. The molecule has 1 aliphatic rings. The molecule has 1 aromatic carbocycles. The maximum Gasteiger partial charge on any atom is 0.333 e. The zero-order valence-electron chi connectivity index (χ0n) is 16.8. The van der Waals surface area contributed by atoms with Crippen LogP contribution in [0.4, 0.5) is 0 Å². The number of hydrogen-bond acceptors (Lipinski definition) is 4. The van der Waals surface area contributed by atoms with Crippen molar-refractivity contribution in [2.45, 2.75) is 64.7 Å². The van der Waals surface area contributed by atoms with Crippen molar-refractivity contribution in [3.63, 3.8) is 0 Å². The molecule has 1 aromatic rings. The Balaban J connectivity index is 2.04. The Morgan fingerprint density at radius 2 is 1.96 bits per heavy atom. The maximum atomic E-state index is 11.6. The number of esters is 1. The van der Waals surface area contributed by atoms with Gasteiger partial charge in [0.1, 0.15) is 12.4 Å². The third-order valence-electron chi connectivity index (χ3n) is 5.40. The van der Waals surface area contributed by atoms with Gasteiger partial charge in [-0.05, 0) is 61.6 Å². The number of hydrogen-bond donors (Lipinski definition) is 1. The van der Waals surface area contributed by atoms with Crippen molar-refractivity contribution in [1.29, 1.82) is 0 Å². The summed E-state index contributed by atoms with van der Waals surface area (Å²) in [6, 6.07) is 6.35. The molecule has 0 atom stereocenters. The fraction of sp³-hybridized carbons (Fsp3) is 0.609. The summed E-state index contributed by atoms with van der Waals surface area (Å²) in [4.78, 5) is 11.6. The minimum absolute atomic E-state index is 0.0206. The fourth-order valence-electron chi connectivity index (χ4n) is 3.91. The van der Waals surface area contributed by atoms with Gasteiger partial charge in [-0.1, -0.05) is 38.5 Å². The van der Waals surface area contributed by atoms with E-state index in [9.17, 15) is 4.79 Å². The van der Waals surface area contributed by atoms with Gasteiger partial charge in [-0.25, -0.2) is 4.79 Å². The highest BCUT2D eigenvalue weighted by molar-refractivity contribution is 5.86. The van der Waals surface area contributed by atoms with Gasteiger partial charge in [0.2, 0.25) is 0 Å². The summed E-state index contributed by atoms with van der Waals surface area (Å²) in [5.74, 6) is 1.89. The molecule has 0 heterocycles. The first-order valence-corrected chi connectivity index (χ1v) is 10.2. The molecule has 27 heavy (non-hydrogen) atoms. The summed E-state index contributed by atoms with van der Waals surface area (Å²) >= 11 is 0. The van der Waals surface area contributed by atoms with Gasteiger partial charge in [0.25, 0.3) is 0 Å². The molecule has 0 amide bonds. The van der Waals surface area contributed by atoms with Crippen molar-refractivity contribution >= 4 is 5.97 Å². The fourth-order valence-corrected chi connectivity index (χ4v) is 3.91. The quantitative estimate of drug-likeness (QED) is 0.472. The van der Waals surface area contributed by atoms with Crippen LogP contribution >= 0.6 is 0 Å². The van der Waals surface area contributed by atoms with Crippen LogP contribution in [0.5, 0.6) is 5.75 Å². The van der Waals surface area contributed by atoms with Crippen LogP contribution in [0, 0.1) is 5.92 Å². The van der Waals surface area contributed by atoms with Crippen LogP contribution in [0.2, 0.25) is 0 Å². The lowest BCUT2D eigenvalue weighted by Gasteiger charge is -2.29. The Kier molecular flexibility index (Phi) is 8.86. The minimum Gasteiger partial charge on any atom is -0.491 e. The van der Waals surface area contributed by atoms with E-state index >= 15 is 0 Å². The van der Waals surface area contributed by atoms with Crippen molar-refractivity contribution < 1.29 is 19.4 Å². The molecule has 1 aliphatic carbocycles. The number of carbonyl (C=O) groups excluding carboxylic acids is 1. The van der Waals surface area contributed by atoms with Crippen molar-refractivity contribution in [1.82, 2.24) is 0 Å². The van der Waals surface area contributed by atoms with Gasteiger partial charge in [-0.15, -0.1) is 0 Å². The second-order valence-corrected chi connectivity index (χ2v) is 7.61. The van der Waals surface area contributed by atoms with E-state index in [0.29, 0.717) is 24.5 Å². The summed E-state index contributed by atoms with van der Waals surface area (Å²) in [6.07, 6.45) is 8.33. The SMILES string of the molecule is C=C(C)C(=O)OCCc1cc(C2CCC(CCC)CC2)ccc1OCCO. The van der Waals surface area contributed by atoms with Gasteiger partial charge in [0.05, 0.1) is 13.2 Å². The minimum atomic E-state index is -0.363. The number of aliphatic hydroxyl groups excluding tert-OH is 1. The zero-order chi connectivity index (χ0) is 19.6. The number of aliphatic hydroxyl groups is 1. The topological polar surface area (TPSA) is 55.8 Å². The van der Waals surface area contributed by atoms with Crippen molar-refractivity contribution in [2.24, 2.45) is 5.92 Å². The highest BCUT2D eigenvalue weighted by Crippen LogP contribution is 2.38. The van der Waals surface area contributed by atoms with Crippen LogP contribution in [0.3, 0.4) is 0 Å². The first-order chi connectivity index (χ1) is 13.0.